The fraction of sp³-hybridized carbons (Fsp3) is 0.200. The fourth-order valence-electron chi connectivity index (χ4n) is 2.79. The van der Waals surface area contributed by atoms with Crippen LogP contribution in [0.1, 0.15) is 26.3 Å². The predicted molar refractivity (Wildman–Crippen MR) is 116 cm³/mol. The molecule has 9 heteroatoms. The summed E-state index contributed by atoms with van der Waals surface area (Å²) in [6.45, 7) is 5.60. The first kappa shape index (κ1) is 21.2. The highest BCUT2D eigenvalue weighted by Crippen LogP contribution is 2.30. The molecule has 7 nitrogen and oxygen atoms in total. The first-order valence-electron chi connectivity index (χ1n) is 8.77. The van der Waals surface area contributed by atoms with Crippen molar-refractivity contribution in [1.29, 1.82) is 0 Å². The van der Waals surface area contributed by atoms with Crippen molar-refractivity contribution < 1.29 is 17.9 Å². The molecule has 0 aliphatic carbocycles. The molecule has 0 saturated heterocycles. The molecule has 0 saturated carbocycles. The van der Waals surface area contributed by atoms with Crippen molar-refractivity contribution in [3.8, 4) is 5.75 Å². The molecule has 2 aromatic rings. The molecule has 1 amide bonds. The molecule has 1 heterocycles. The number of carbonyl (C=O) groups is 1. The molecule has 29 heavy (non-hydrogen) atoms. The monoisotopic (exact) mass is 477 g/mol. The van der Waals surface area contributed by atoms with E-state index in [9.17, 15) is 13.2 Å². The lowest BCUT2D eigenvalue weighted by Gasteiger charge is -2.14. The molecule has 0 bridgehead atoms. The van der Waals surface area contributed by atoms with Gasteiger partial charge in [-0.05, 0) is 69.3 Å². The number of carbonyl (C=O) groups excluding carboxylic acids is 1. The summed E-state index contributed by atoms with van der Waals surface area (Å²) in [6, 6.07) is 11.2. The lowest BCUT2D eigenvalue weighted by molar-refractivity contribution is -0.114. The summed E-state index contributed by atoms with van der Waals surface area (Å²) in [5.74, 6) is 0.341. The zero-order chi connectivity index (χ0) is 21.3. The summed E-state index contributed by atoms with van der Waals surface area (Å²) in [5, 5.41) is 10.7. The Kier molecular flexibility index (Phi) is 5.92. The minimum absolute atomic E-state index is 0.0174. The fourth-order valence-corrected chi connectivity index (χ4v) is 3.68. The molecule has 0 spiro atoms. The maximum absolute atomic E-state index is 13.0. The van der Waals surface area contributed by atoms with Gasteiger partial charge in [0.2, 0.25) is 10.0 Å². The van der Waals surface area contributed by atoms with Gasteiger partial charge in [-0.1, -0.05) is 15.9 Å². The van der Waals surface area contributed by atoms with Gasteiger partial charge < -0.3 is 4.74 Å². The Balaban J connectivity index is 1.96. The molecule has 152 valence electrons. The van der Waals surface area contributed by atoms with Crippen LogP contribution in [-0.4, -0.2) is 26.1 Å². The van der Waals surface area contributed by atoms with Gasteiger partial charge in [0.05, 0.1) is 28.0 Å². The van der Waals surface area contributed by atoms with Crippen LogP contribution in [-0.2, 0) is 14.8 Å². The van der Waals surface area contributed by atoms with Gasteiger partial charge in [-0.15, -0.1) is 0 Å². The summed E-state index contributed by atoms with van der Waals surface area (Å²) in [5.41, 5.74) is 2.16. The zero-order valence-electron chi connectivity index (χ0n) is 16.1. The molecule has 2 aromatic carbocycles. The average molecular weight is 478 g/mol. The number of hydrazone groups is 1. The minimum Gasteiger partial charge on any atom is -0.490 e. The molecular formula is C20H20BrN3O4S. The van der Waals surface area contributed by atoms with Gasteiger partial charge in [0.1, 0.15) is 5.75 Å². The second-order valence-electron chi connectivity index (χ2n) is 6.75. The van der Waals surface area contributed by atoms with Crippen LogP contribution in [0.15, 0.2) is 62.5 Å². The molecular weight excluding hydrogens is 458 g/mol. The van der Waals surface area contributed by atoms with Gasteiger partial charge in [-0.2, -0.15) is 10.1 Å². The largest absolute Gasteiger partial charge is 0.490 e. The summed E-state index contributed by atoms with van der Waals surface area (Å²) in [6.07, 6.45) is 1.72. The number of hydrogen-bond donors (Lipinski definition) is 1. The van der Waals surface area contributed by atoms with Gasteiger partial charge in [-0.3, -0.25) is 4.79 Å². The van der Waals surface area contributed by atoms with E-state index >= 15 is 0 Å². The number of primary sulfonamides is 1. The van der Waals surface area contributed by atoms with Crippen molar-refractivity contribution in [2.45, 2.75) is 31.8 Å². The van der Waals surface area contributed by atoms with Gasteiger partial charge in [0.25, 0.3) is 5.91 Å². The second-order valence-corrected chi connectivity index (χ2v) is 9.23. The van der Waals surface area contributed by atoms with Crippen LogP contribution in [0.25, 0.3) is 6.08 Å². The highest BCUT2D eigenvalue weighted by atomic mass is 79.9. The van der Waals surface area contributed by atoms with Crippen molar-refractivity contribution >= 4 is 49.3 Å². The Bertz CT molecular complexity index is 1120. The van der Waals surface area contributed by atoms with E-state index in [0.717, 1.165) is 10.0 Å². The van der Waals surface area contributed by atoms with E-state index in [4.69, 9.17) is 9.88 Å². The molecule has 0 atom stereocenters. The molecule has 0 radical (unpaired) electrons. The van der Waals surface area contributed by atoms with E-state index in [1.165, 1.54) is 29.3 Å². The number of benzene rings is 2. The smallest absolute Gasteiger partial charge is 0.280 e. The van der Waals surface area contributed by atoms with Crippen LogP contribution in [0.4, 0.5) is 5.69 Å². The topological polar surface area (TPSA) is 102 Å². The number of amides is 1. The van der Waals surface area contributed by atoms with Crippen molar-refractivity contribution in [2.24, 2.45) is 10.2 Å². The van der Waals surface area contributed by atoms with Crippen LogP contribution in [0.3, 0.4) is 0 Å². The van der Waals surface area contributed by atoms with E-state index in [1.54, 1.807) is 13.0 Å². The zero-order valence-corrected chi connectivity index (χ0v) is 18.5. The van der Waals surface area contributed by atoms with Crippen LogP contribution >= 0.6 is 15.9 Å². The molecule has 0 fully saturated rings. The van der Waals surface area contributed by atoms with E-state index in [1.807, 2.05) is 32.0 Å². The first-order chi connectivity index (χ1) is 13.6. The second kappa shape index (κ2) is 8.10. The highest BCUT2D eigenvalue weighted by molar-refractivity contribution is 9.10. The number of nitrogens with zero attached hydrogens (tertiary/aromatic N) is 2. The lowest BCUT2D eigenvalue weighted by Crippen LogP contribution is -2.21. The normalized spacial score (nSPS) is 15.9. The SMILES string of the molecule is CC1=NN(c2ccc(S(N)(=O)=O)cc2)C(=O)/C1=C\c1cc(Br)ccc1OC(C)C. The van der Waals surface area contributed by atoms with Crippen molar-refractivity contribution in [1.82, 2.24) is 0 Å². The Morgan fingerprint density at radius 3 is 2.41 bits per heavy atom. The molecule has 1 aliphatic heterocycles. The number of anilines is 1. The Labute approximate surface area is 178 Å². The van der Waals surface area contributed by atoms with Gasteiger partial charge >= 0.3 is 0 Å². The Hall–Kier alpha value is -2.49. The van der Waals surface area contributed by atoms with Gasteiger partial charge in [0.15, 0.2) is 0 Å². The number of rotatable bonds is 5. The van der Waals surface area contributed by atoms with E-state index in [0.29, 0.717) is 22.7 Å². The highest BCUT2D eigenvalue weighted by Gasteiger charge is 2.29. The number of nitrogens with two attached hydrogens (primary N) is 1. The summed E-state index contributed by atoms with van der Waals surface area (Å²) in [4.78, 5) is 12.9. The summed E-state index contributed by atoms with van der Waals surface area (Å²) in [7, 11) is -3.81. The third-order valence-electron chi connectivity index (χ3n) is 4.11. The standard InChI is InChI=1S/C20H20BrN3O4S/c1-12(2)28-19-9-4-15(21)10-14(19)11-18-13(3)23-24(20(18)25)16-5-7-17(8-6-16)29(22,26)27/h4-12H,1-3H3,(H2,22,26,27)/b18-11-. The van der Waals surface area contributed by atoms with Crippen LogP contribution < -0.4 is 14.9 Å². The van der Waals surface area contributed by atoms with Crippen LogP contribution in [0, 0.1) is 0 Å². The number of sulfonamides is 1. The van der Waals surface area contributed by atoms with E-state index in [2.05, 4.69) is 21.0 Å². The van der Waals surface area contributed by atoms with E-state index < -0.39 is 10.0 Å². The van der Waals surface area contributed by atoms with Crippen molar-refractivity contribution in [2.75, 3.05) is 5.01 Å². The third kappa shape index (κ3) is 4.75. The maximum Gasteiger partial charge on any atom is 0.280 e. The first-order valence-corrected chi connectivity index (χ1v) is 11.1. The quantitative estimate of drug-likeness (QED) is 0.663. The average Bonchev–Trinajstić information content (AvgIpc) is 2.91. The number of ether oxygens (including phenoxy) is 1. The van der Waals surface area contributed by atoms with Crippen LogP contribution in [0.2, 0.25) is 0 Å². The molecule has 3 rings (SSSR count). The molecule has 2 N–H and O–H groups in total. The van der Waals surface area contributed by atoms with Crippen LogP contribution in [0.5, 0.6) is 5.75 Å². The Morgan fingerprint density at radius 2 is 1.83 bits per heavy atom. The minimum atomic E-state index is -3.81. The van der Waals surface area contributed by atoms with Crippen molar-refractivity contribution in [3.63, 3.8) is 0 Å². The van der Waals surface area contributed by atoms with Gasteiger partial charge in [0, 0.05) is 10.0 Å². The molecule has 1 aliphatic rings. The van der Waals surface area contributed by atoms with E-state index in [-0.39, 0.29) is 16.9 Å². The molecule has 0 aromatic heterocycles. The third-order valence-corrected chi connectivity index (χ3v) is 5.53. The lowest BCUT2D eigenvalue weighted by atomic mass is 10.1. The summed E-state index contributed by atoms with van der Waals surface area (Å²) < 4.78 is 29.5. The maximum atomic E-state index is 13.0. The number of hydrogen-bond acceptors (Lipinski definition) is 5. The predicted octanol–water partition coefficient (Wildman–Crippen LogP) is 3.69. The number of halogens is 1. The van der Waals surface area contributed by atoms with Crippen molar-refractivity contribution in [3.05, 3.63) is 58.1 Å². The van der Waals surface area contributed by atoms with Gasteiger partial charge in [-0.25, -0.2) is 13.6 Å². The molecule has 0 unspecified atom stereocenters. The Morgan fingerprint density at radius 1 is 1.17 bits per heavy atom. The summed E-state index contributed by atoms with van der Waals surface area (Å²) >= 11 is 3.44.